The number of ketones is 1. The Balaban J connectivity index is 1.65. The molecule has 2 amide bonds. The summed E-state index contributed by atoms with van der Waals surface area (Å²) in [6.45, 7) is 5.53. The zero-order valence-corrected chi connectivity index (χ0v) is 13.8. The van der Waals surface area contributed by atoms with Crippen molar-refractivity contribution in [2.45, 2.75) is 38.5 Å². The summed E-state index contributed by atoms with van der Waals surface area (Å²) in [6, 6.07) is 7.62. The Morgan fingerprint density at radius 2 is 1.54 bits per heavy atom. The highest BCUT2D eigenvalue weighted by Crippen LogP contribution is 2.37. The molecule has 0 N–H and O–H groups in total. The van der Waals surface area contributed by atoms with Crippen molar-refractivity contribution in [3.8, 4) is 0 Å². The average Bonchev–Trinajstić information content (AvgIpc) is 2.93. The fourth-order valence-electron chi connectivity index (χ4n) is 3.59. The van der Waals surface area contributed by atoms with Gasteiger partial charge in [0.2, 0.25) is 0 Å². The molecule has 1 heterocycles. The Hall–Kier alpha value is -2.49. The van der Waals surface area contributed by atoms with Crippen LogP contribution in [0.15, 0.2) is 48.6 Å². The minimum absolute atomic E-state index is 0.115. The second kappa shape index (κ2) is 6.56. The number of Topliss-reactive ketones (excluding diaryl/α,β-unsaturated/α-hetero) is 1. The van der Waals surface area contributed by atoms with Crippen LogP contribution < -0.4 is 4.90 Å². The van der Waals surface area contributed by atoms with Crippen molar-refractivity contribution < 1.29 is 14.4 Å². The first kappa shape index (κ1) is 16.4. The number of amides is 2. The number of nitrogens with zero attached hydrogens (tertiary/aromatic N) is 1. The fraction of sp³-hybridized carbons (Fsp3) is 0.350. The van der Waals surface area contributed by atoms with Gasteiger partial charge in [0.25, 0.3) is 11.8 Å². The minimum Gasteiger partial charge on any atom is -0.294 e. The lowest BCUT2D eigenvalue weighted by Gasteiger charge is -2.28. The molecule has 1 saturated carbocycles. The van der Waals surface area contributed by atoms with Crippen LogP contribution >= 0.6 is 0 Å². The molecule has 1 aromatic rings. The molecule has 0 aromatic heterocycles. The van der Waals surface area contributed by atoms with Crippen LogP contribution in [0.5, 0.6) is 0 Å². The van der Waals surface area contributed by atoms with Crippen LogP contribution in [0.2, 0.25) is 0 Å². The summed E-state index contributed by atoms with van der Waals surface area (Å²) in [5.74, 6) is 0.140. The first-order valence-electron chi connectivity index (χ1n) is 8.33. The summed E-state index contributed by atoms with van der Waals surface area (Å²) in [5, 5.41) is 0. The minimum atomic E-state index is -0.299. The molecule has 0 bridgehead atoms. The van der Waals surface area contributed by atoms with Crippen molar-refractivity contribution in [2.24, 2.45) is 5.92 Å². The summed E-state index contributed by atoms with van der Waals surface area (Å²) in [4.78, 5) is 36.6. The van der Waals surface area contributed by atoms with E-state index in [0.717, 1.165) is 25.7 Å². The maximum atomic E-state index is 12.0. The van der Waals surface area contributed by atoms with Gasteiger partial charge in [-0.15, -0.1) is 0 Å². The standard InChI is InChI=1S/C20H21NO3/c1-13(2)20(24)16-5-3-14(4-6-16)15-7-9-17(10-8-15)21-18(22)11-12-19(21)23/h7-12,14,16H,1,3-6H2,2H3. The monoisotopic (exact) mass is 323 g/mol. The van der Waals surface area contributed by atoms with Gasteiger partial charge in [0.1, 0.15) is 0 Å². The zero-order valence-electron chi connectivity index (χ0n) is 13.8. The van der Waals surface area contributed by atoms with Crippen molar-refractivity contribution in [2.75, 3.05) is 4.90 Å². The number of hydrogen-bond acceptors (Lipinski definition) is 3. The van der Waals surface area contributed by atoms with Gasteiger partial charge in [-0.3, -0.25) is 14.4 Å². The average molecular weight is 323 g/mol. The number of benzene rings is 1. The van der Waals surface area contributed by atoms with Gasteiger partial charge in [-0.05, 0) is 61.8 Å². The van der Waals surface area contributed by atoms with Gasteiger partial charge in [0.15, 0.2) is 5.78 Å². The second-order valence-electron chi connectivity index (χ2n) is 6.63. The highest BCUT2D eigenvalue weighted by atomic mass is 16.2. The van der Waals surface area contributed by atoms with E-state index in [9.17, 15) is 14.4 Å². The van der Waals surface area contributed by atoms with Crippen molar-refractivity contribution in [3.63, 3.8) is 0 Å². The third-order valence-corrected chi connectivity index (χ3v) is 4.95. The van der Waals surface area contributed by atoms with E-state index in [-0.39, 0.29) is 23.5 Å². The molecule has 4 nitrogen and oxygen atoms in total. The molecule has 0 spiro atoms. The number of carbonyl (C=O) groups excluding carboxylic acids is 3. The normalized spacial score (nSPS) is 23.6. The molecule has 0 atom stereocenters. The summed E-state index contributed by atoms with van der Waals surface area (Å²) in [6.07, 6.45) is 6.32. The molecule has 0 saturated heterocycles. The quantitative estimate of drug-likeness (QED) is 0.629. The first-order valence-corrected chi connectivity index (χ1v) is 8.33. The number of imide groups is 1. The van der Waals surface area contributed by atoms with Crippen LogP contribution in [-0.2, 0) is 14.4 Å². The molecule has 0 radical (unpaired) electrons. The van der Waals surface area contributed by atoms with Crippen LogP contribution in [0, 0.1) is 5.92 Å². The van der Waals surface area contributed by atoms with E-state index in [4.69, 9.17) is 0 Å². The number of anilines is 1. The van der Waals surface area contributed by atoms with Crippen molar-refractivity contribution in [3.05, 3.63) is 54.1 Å². The topological polar surface area (TPSA) is 54.5 Å². The van der Waals surface area contributed by atoms with E-state index in [1.54, 1.807) is 6.92 Å². The summed E-state index contributed by atoms with van der Waals surface area (Å²) >= 11 is 0. The van der Waals surface area contributed by atoms with Crippen molar-refractivity contribution in [1.82, 2.24) is 0 Å². The molecule has 4 heteroatoms. The van der Waals surface area contributed by atoms with Crippen LogP contribution in [0.1, 0.15) is 44.1 Å². The molecule has 1 aliphatic heterocycles. The van der Waals surface area contributed by atoms with Gasteiger partial charge in [-0.1, -0.05) is 18.7 Å². The van der Waals surface area contributed by atoms with Gasteiger partial charge < -0.3 is 0 Å². The molecule has 1 aromatic carbocycles. The Morgan fingerprint density at radius 1 is 1.00 bits per heavy atom. The van der Waals surface area contributed by atoms with E-state index in [1.807, 2.05) is 24.3 Å². The first-order chi connectivity index (χ1) is 11.5. The largest absolute Gasteiger partial charge is 0.294 e. The molecule has 1 fully saturated rings. The van der Waals surface area contributed by atoms with Crippen LogP contribution in [0.4, 0.5) is 5.69 Å². The second-order valence-corrected chi connectivity index (χ2v) is 6.63. The Labute approximate surface area is 141 Å². The SMILES string of the molecule is C=C(C)C(=O)C1CCC(c2ccc(N3C(=O)C=CC3=O)cc2)CC1. The highest BCUT2D eigenvalue weighted by Gasteiger charge is 2.28. The predicted molar refractivity (Wildman–Crippen MR) is 92.6 cm³/mol. The van der Waals surface area contributed by atoms with E-state index in [2.05, 4.69) is 6.58 Å². The van der Waals surface area contributed by atoms with Gasteiger partial charge >= 0.3 is 0 Å². The molecular weight excluding hydrogens is 302 g/mol. The molecule has 0 unspecified atom stereocenters. The number of rotatable bonds is 4. The van der Waals surface area contributed by atoms with Gasteiger partial charge in [0, 0.05) is 18.1 Å². The molecular formula is C20H21NO3. The Morgan fingerprint density at radius 3 is 2.04 bits per heavy atom. The third kappa shape index (κ3) is 3.09. The summed E-state index contributed by atoms with van der Waals surface area (Å²) in [7, 11) is 0. The number of carbonyl (C=O) groups is 3. The van der Waals surface area contributed by atoms with E-state index in [0.29, 0.717) is 17.2 Å². The maximum Gasteiger partial charge on any atom is 0.258 e. The Kier molecular flexibility index (Phi) is 4.47. The number of allylic oxidation sites excluding steroid dienone is 1. The van der Waals surface area contributed by atoms with Gasteiger partial charge in [-0.2, -0.15) is 0 Å². The third-order valence-electron chi connectivity index (χ3n) is 4.95. The molecule has 124 valence electrons. The van der Waals surface area contributed by atoms with Crippen LogP contribution in [0.25, 0.3) is 0 Å². The van der Waals surface area contributed by atoms with E-state index >= 15 is 0 Å². The summed E-state index contributed by atoms with van der Waals surface area (Å²) < 4.78 is 0. The lowest BCUT2D eigenvalue weighted by atomic mass is 9.76. The summed E-state index contributed by atoms with van der Waals surface area (Å²) in [5.41, 5.74) is 2.45. The maximum absolute atomic E-state index is 12.0. The van der Waals surface area contributed by atoms with Crippen molar-refractivity contribution in [1.29, 1.82) is 0 Å². The highest BCUT2D eigenvalue weighted by molar-refractivity contribution is 6.28. The molecule has 1 aliphatic carbocycles. The van der Waals surface area contributed by atoms with Gasteiger partial charge in [0.05, 0.1) is 5.69 Å². The number of hydrogen-bond donors (Lipinski definition) is 0. The molecule has 24 heavy (non-hydrogen) atoms. The van der Waals surface area contributed by atoms with Crippen LogP contribution in [0.3, 0.4) is 0 Å². The zero-order chi connectivity index (χ0) is 17.3. The van der Waals surface area contributed by atoms with E-state index in [1.165, 1.54) is 22.6 Å². The molecule has 2 aliphatic rings. The smallest absolute Gasteiger partial charge is 0.258 e. The molecule has 3 rings (SSSR count). The Bertz CT molecular complexity index is 704. The lowest BCUT2D eigenvalue weighted by molar-refractivity contribution is -0.121. The fourth-order valence-corrected chi connectivity index (χ4v) is 3.59. The van der Waals surface area contributed by atoms with Gasteiger partial charge in [-0.25, -0.2) is 4.90 Å². The van der Waals surface area contributed by atoms with E-state index < -0.39 is 0 Å². The van der Waals surface area contributed by atoms with Crippen molar-refractivity contribution >= 4 is 23.3 Å². The van der Waals surface area contributed by atoms with Crippen LogP contribution in [-0.4, -0.2) is 17.6 Å². The predicted octanol–water partition coefficient (Wildman–Crippen LogP) is 3.54. The lowest BCUT2D eigenvalue weighted by Crippen LogP contribution is -2.29.